The summed E-state index contributed by atoms with van der Waals surface area (Å²) in [5.74, 6) is -1.61. The number of carbonyl (C=O) groups excluding carboxylic acids is 2. The molecule has 2 rings (SSSR count). The number of nitrogens with zero attached hydrogens (tertiary/aromatic N) is 1. The summed E-state index contributed by atoms with van der Waals surface area (Å²) in [6.45, 7) is 1.84. The molecule has 110 valence electrons. The van der Waals surface area contributed by atoms with E-state index in [4.69, 9.17) is 16.9 Å². The van der Waals surface area contributed by atoms with E-state index in [0.717, 1.165) is 5.56 Å². The van der Waals surface area contributed by atoms with Gasteiger partial charge in [-0.1, -0.05) is 17.7 Å². The number of hydrogen-bond acceptors (Lipinski definition) is 3. The predicted octanol–water partition coefficient (Wildman–Crippen LogP) is 3.10. The summed E-state index contributed by atoms with van der Waals surface area (Å²) in [6.07, 6.45) is 0. The van der Waals surface area contributed by atoms with Gasteiger partial charge in [-0.3, -0.25) is 9.59 Å². The lowest BCUT2D eigenvalue weighted by Gasteiger charge is -2.07. The number of hydrogen-bond donors (Lipinski definition) is 2. The standard InChI is InChI=1S/C16H12ClN3O2/c1-10-2-5-13(8-14(10)17)20-16(22)15(21)19-12-6-3-11(9-18)4-7-12/h2-8H,1H3,(H,19,21)(H,20,22). The van der Waals surface area contributed by atoms with E-state index in [-0.39, 0.29) is 0 Å². The number of halogens is 1. The molecule has 0 atom stereocenters. The third kappa shape index (κ3) is 3.84. The molecule has 0 saturated carbocycles. The molecule has 0 bridgehead atoms. The molecule has 0 aliphatic rings. The maximum Gasteiger partial charge on any atom is 0.314 e. The zero-order valence-corrected chi connectivity index (χ0v) is 12.4. The van der Waals surface area contributed by atoms with Gasteiger partial charge >= 0.3 is 11.8 Å². The minimum atomic E-state index is -0.804. The second-order valence-electron chi connectivity index (χ2n) is 4.56. The van der Waals surface area contributed by atoms with Crippen LogP contribution in [0.3, 0.4) is 0 Å². The molecule has 5 nitrogen and oxygen atoms in total. The third-order valence-corrected chi connectivity index (χ3v) is 3.31. The Hall–Kier alpha value is -2.84. The van der Waals surface area contributed by atoms with Gasteiger partial charge in [-0.05, 0) is 48.9 Å². The van der Waals surface area contributed by atoms with Crippen molar-refractivity contribution < 1.29 is 9.59 Å². The van der Waals surface area contributed by atoms with E-state index in [1.54, 1.807) is 42.5 Å². The number of rotatable bonds is 2. The predicted molar refractivity (Wildman–Crippen MR) is 84.6 cm³/mol. The third-order valence-electron chi connectivity index (χ3n) is 2.91. The van der Waals surface area contributed by atoms with Crippen molar-refractivity contribution in [2.24, 2.45) is 0 Å². The number of nitriles is 1. The number of carbonyl (C=O) groups is 2. The molecule has 6 heteroatoms. The van der Waals surface area contributed by atoms with Crippen molar-refractivity contribution >= 4 is 34.8 Å². The minimum absolute atomic E-state index is 0.432. The van der Waals surface area contributed by atoms with Crippen molar-refractivity contribution in [3.05, 3.63) is 58.6 Å². The van der Waals surface area contributed by atoms with Gasteiger partial charge in [-0.2, -0.15) is 5.26 Å². The Morgan fingerprint density at radius 1 is 1.00 bits per heavy atom. The van der Waals surface area contributed by atoms with Crippen LogP contribution in [-0.4, -0.2) is 11.8 Å². The van der Waals surface area contributed by atoms with Crippen molar-refractivity contribution in [1.82, 2.24) is 0 Å². The van der Waals surface area contributed by atoms with E-state index < -0.39 is 11.8 Å². The average Bonchev–Trinajstić information content (AvgIpc) is 2.51. The molecular formula is C16H12ClN3O2. The monoisotopic (exact) mass is 313 g/mol. The highest BCUT2D eigenvalue weighted by atomic mass is 35.5. The Labute approximate surface area is 132 Å². The summed E-state index contributed by atoms with van der Waals surface area (Å²) in [5, 5.41) is 14.1. The van der Waals surface area contributed by atoms with Crippen LogP contribution < -0.4 is 10.6 Å². The molecule has 0 spiro atoms. The van der Waals surface area contributed by atoms with Crippen molar-refractivity contribution in [1.29, 1.82) is 5.26 Å². The van der Waals surface area contributed by atoms with Gasteiger partial charge in [0.25, 0.3) is 0 Å². The molecule has 0 unspecified atom stereocenters. The zero-order valence-electron chi connectivity index (χ0n) is 11.7. The molecule has 2 aromatic carbocycles. The lowest BCUT2D eigenvalue weighted by molar-refractivity contribution is -0.132. The largest absolute Gasteiger partial charge is 0.318 e. The number of aryl methyl sites for hydroxylation is 1. The Kier molecular flexibility index (Phi) is 4.77. The SMILES string of the molecule is Cc1ccc(NC(=O)C(=O)Nc2ccc(C#N)cc2)cc1Cl. The molecule has 0 aromatic heterocycles. The van der Waals surface area contributed by atoms with E-state index >= 15 is 0 Å². The average molecular weight is 314 g/mol. The van der Waals surface area contributed by atoms with Crippen LogP contribution in [0.2, 0.25) is 5.02 Å². The molecule has 0 aliphatic heterocycles. The van der Waals surface area contributed by atoms with Gasteiger partial charge in [0.1, 0.15) is 0 Å². The molecule has 0 radical (unpaired) electrons. The Morgan fingerprint density at radius 3 is 2.09 bits per heavy atom. The molecule has 0 saturated heterocycles. The Morgan fingerprint density at radius 2 is 1.55 bits per heavy atom. The second kappa shape index (κ2) is 6.74. The molecule has 0 heterocycles. The first-order chi connectivity index (χ1) is 10.5. The fourth-order valence-corrected chi connectivity index (χ4v) is 1.85. The van der Waals surface area contributed by atoms with Crippen LogP contribution >= 0.6 is 11.6 Å². The molecule has 0 aliphatic carbocycles. The van der Waals surface area contributed by atoms with E-state index in [1.807, 2.05) is 13.0 Å². The molecule has 22 heavy (non-hydrogen) atoms. The Balaban J connectivity index is 2.01. The lowest BCUT2D eigenvalue weighted by Crippen LogP contribution is -2.29. The summed E-state index contributed by atoms with van der Waals surface area (Å²) in [5.41, 5.74) is 2.22. The smallest absolute Gasteiger partial charge is 0.314 e. The number of anilines is 2. The lowest BCUT2D eigenvalue weighted by atomic mass is 10.2. The topological polar surface area (TPSA) is 82.0 Å². The highest BCUT2D eigenvalue weighted by Gasteiger charge is 2.14. The van der Waals surface area contributed by atoms with E-state index in [9.17, 15) is 9.59 Å². The van der Waals surface area contributed by atoms with Gasteiger partial charge < -0.3 is 10.6 Å². The van der Waals surface area contributed by atoms with Gasteiger partial charge in [0, 0.05) is 16.4 Å². The first-order valence-electron chi connectivity index (χ1n) is 6.38. The first-order valence-corrected chi connectivity index (χ1v) is 6.76. The molecule has 2 amide bonds. The van der Waals surface area contributed by atoms with Crippen molar-refractivity contribution in [3.63, 3.8) is 0 Å². The van der Waals surface area contributed by atoms with Gasteiger partial charge in [0.05, 0.1) is 11.6 Å². The highest BCUT2D eigenvalue weighted by molar-refractivity contribution is 6.43. The number of benzene rings is 2. The maximum atomic E-state index is 11.8. The van der Waals surface area contributed by atoms with Gasteiger partial charge in [-0.25, -0.2) is 0 Å². The summed E-state index contributed by atoms with van der Waals surface area (Å²) >= 11 is 5.96. The van der Waals surface area contributed by atoms with Crippen LogP contribution in [0, 0.1) is 18.3 Å². The van der Waals surface area contributed by atoms with E-state index in [2.05, 4.69) is 10.6 Å². The van der Waals surface area contributed by atoms with Crippen molar-refractivity contribution in [2.75, 3.05) is 10.6 Å². The van der Waals surface area contributed by atoms with Crippen LogP contribution in [0.1, 0.15) is 11.1 Å². The van der Waals surface area contributed by atoms with Crippen LogP contribution in [0.5, 0.6) is 0 Å². The first kappa shape index (κ1) is 15.5. The van der Waals surface area contributed by atoms with Crippen LogP contribution in [0.15, 0.2) is 42.5 Å². The molecule has 2 N–H and O–H groups in total. The molecular weight excluding hydrogens is 302 g/mol. The van der Waals surface area contributed by atoms with Gasteiger partial charge in [0.2, 0.25) is 0 Å². The van der Waals surface area contributed by atoms with E-state index in [1.165, 1.54) is 0 Å². The molecule has 0 fully saturated rings. The van der Waals surface area contributed by atoms with Crippen LogP contribution in [0.25, 0.3) is 0 Å². The maximum absolute atomic E-state index is 11.8. The zero-order chi connectivity index (χ0) is 16.1. The molecule has 2 aromatic rings. The van der Waals surface area contributed by atoms with Crippen molar-refractivity contribution in [2.45, 2.75) is 6.92 Å². The quantitative estimate of drug-likeness (QED) is 0.836. The number of amides is 2. The second-order valence-corrected chi connectivity index (χ2v) is 4.97. The van der Waals surface area contributed by atoms with Gasteiger partial charge in [-0.15, -0.1) is 0 Å². The van der Waals surface area contributed by atoms with Crippen LogP contribution in [0.4, 0.5) is 11.4 Å². The van der Waals surface area contributed by atoms with Crippen LogP contribution in [-0.2, 0) is 9.59 Å². The van der Waals surface area contributed by atoms with Crippen molar-refractivity contribution in [3.8, 4) is 6.07 Å². The Bertz CT molecular complexity index is 764. The summed E-state index contributed by atoms with van der Waals surface area (Å²) < 4.78 is 0. The number of nitrogens with one attached hydrogen (secondary N) is 2. The van der Waals surface area contributed by atoms with Gasteiger partial charge in [0.15, 0.2) is 0 Å². The highest BCUT2D eigenvalue weighted by Crippen LogP contribution is 2.20. The fraction of sp³-hybridized carbons (Fsp3) is 0.0625. The fourth-order valence-electron chi connectivity index (χ4n) is 1.67. The normalized spacial score (nSPS) is 9.68. The summed E-state index contributed by atoms with van der Waals surface area (Å²) in [4.78, 5) is 23.6. The summed E-state index contributed by atoms with van der Waals surface area (Å²) in [7, 11) is 0. The minimum Gasteiger partial charge on any atom is -0.318 e. The van der Waals surface area contributed by atoms with E-state index in [0.29, 0.717) is 22.0 Å². The summed E-state index contributed by atoms with van der Waals surface area (Å²) in [6, 6.07) is 13.1.